The van der Waals surface area contributed by atoms with Gasteiger partial charge in [0.1, 0.15) is 6.26 Å². The van der Waals surface area contributed by atoms with Crippen molar-refractivity contribution in [1.82, 2.24) is 10.3 Å². The van der Waals surface area contributed by atoms with Gasteiger partial charge in [-0.05, 0) is 5.56 Å². The third kappa shape index (κ3) is 2.13. The Balaban J connectivity index is 1.75. The summed E-state index contributed by atoms with van der Waals surface area (Å²) in [6.45, 7) is 0.557. The molecule has 22 heavy (non-hydrogen) atoms. The second-order valence-electron chi connectivity index (χ2n) is 5.30. The third-order valence-electron chi connectivity index (χ3n) is 3.96. The second kappa shape index (κ2) is 5.40. The molecule has 2 heterocycles. The number of oxazole rings is 1. The van der Waals surface area contributed by atoms with E-state index >= 15 is 0 Å². The molecule has 2 aromatic carbocycles. The molecule has 0 aliphatic carbocycles. The van der Waals surface area contributed by atoms with E-state index < -0.39 is 5.72 Å². The maximum atomic E-state index is 6.17. The molecule has 0 saturated carbocycles. The Morgan fingerprint density at radius 1 is 1.00 bits per heavy atom. The minimum absolute atomic E-state index is 0.0910. The quantitative estimate of drug-likeness (QED) is 0.805. The van der Waals surface area contributed by atoms with E-state index in [0.717, 1.165) is 5.56 Å². The van der Waals surface area contributed by atoms with E-state index in [2.05, 4.69) is 22.4 Å². The van der Waals surface area contributed by atoms with Crippen molar-refractivity contribution in [2.75, 3.05) is 6.61 Å². The van der Waals surface area contributed by atoms with Crippen LogP contribution < -0.4 is 5.32 Å². The second-order valence-corrected chi connectivity index (χ2v) is 5.30. The van der Waals surface area contributed by atoms with Crippen molar-refractivity contribution < 1.29 is 9.15 Å². The Kier molecular flexibility index (Phi) is 3.25. The first-order chi connectivity index (χ1) is 10.9. The highest BCUT2D eigenvalue weighted by atomic mass is 16.5. The van der Waals surface area contributed by atoms with Crippen molar-refractivity contribution in [3.05, 3.63) is 90.1 Å². The number of nitrogens with zero attached hydrogens (tertiary/aromatic N) is 1. The molecule has 1 aliphatic rings. The molecule has 1 unspecified atom stereocenters. The molecule has 4 rings (SSSR count). The van der Waals surface area contributed by atoms with Crippen molar-refractivity contribution in [3.8, 4) is 0 Å². The van der Waals surface area contributed by atoms with Crippen LogP contribution in [0.15, 0.2) is 77.5 Å². The predicted molar refractivity (Wildman–Crippen MR) is 82.0 cm³/mol. The van der Waals surface area contributed by atoms with Gasteiger partial charge < -0.3 is 9.15 Å². The maximum Gasteiger partial charge on any atom is 0.247 e. The van der Waals surface area contributed by atoms with Gasteiger partial charge in [0.25, 0.3) is 0 Å². The highest BCUT2D eigenvalue weighted by molar-refractivity contribution is 5.31. The molecule has 1 saturated heterocycles. The summed E-state index contributed by atoms with van der Waals surface area (Å²) < 4.78 is 11.7. The summed E-state index contributed by atoms with van der Waals surface area (Å²) in [5.74, 6) is 0.525. The fraction of sp³-hybridized carbons (Fsp3) is 0.167. The average Bonchev–Trinajstić information content (AvgIpc) is 3.27. The third-order valence-corrected chi connectivity index (χ3v) is 3.96. The van der Waals surface area contributed by atoms with Gasteiger partial charge in [-0.15, -0.1) is 0 Å². The average molecular weight is 292 g/mol. The molecule has 3 aromatic rings. The first kappa shape index (κ1) is 13.2. The van der Waals surface area contributed by atoms with E-state index in [-0.39, 0.29) is 6.04 Å². The van der Waals surface area contributed by atoms with E-state index in [0.29, 0.717) is 12.5 Å². The zero-order chi connectivity index (χ0) is 14.8. The smallest absolute Gasteiger partial charge is 0.247 e. The van der Waals surface area contributed by atoms with Crippen LogP contribution in [0.5, 0.6) is 0 Å². The molecule has 1 aliphatic heterocycles. The summed E-state index contributed by atoms with van der Waals surface area (Å²) in [6.07, 6.45) is 3.21. The number of nitrogens with one attached hydrogen (secondary N) is 1. The highest BCUT2D eigenvalue weighted by Gasteiger charge is 2.47. The molecule has 0 radical (unpaired) electrons. The van der Waals surface area contributed by atoms with Crippen molar-refractivity contribution >= 4 is 0 Å². The molecule has 2 atom stereocenters. The Morgan fingerprint density at radius 3 is 2.41 bits per heavy atom. The Bertz CT molecular complexity index is 728. The molecule has 1 aromatic heterocycles. The van der Waals surface area contributed by atoms with Gasteiger partial charge in [-0.2, -0.15) is 0 Å². The highest BCUT2D eigenvalue weighted by Crippen LogP contribution is 2.38. The number of ether oxygens (including phenoxy) is 1. The fourth-order valence-corrected chi connectivity index (χ4v) is 2.89. The summed E-state index contributed by atoms with van der Waals surface area (Å²) in [5.41, 5.74) is 1.33. The van der Waals surface area contributed by atoms with Gasteiger partial charge in [-0.1, -0.05) is 60.7 Å². The van der Waals surface area contributed by atoms with Gasteiger partial charge in [-0.3, -0.25) is 5.32 Å². The molecule has 4 nitrogen and oxygen atoms in total. The van der Waals surface area contributed by atoms with Crippen molar-refractivity contribution in [2.24, 2.45) is 0 Å². The van der Waals surface area contributed by atoms with Crippen LogP contribution in [0.25, 0.3) is 0 Å². The number of rotatable bonds is 3. The lowest BCUT2D eigenvalue weighted by Crippen LogP contribution is -2.40. The van der Waals surface area contributed by atoms with Crippen LogP contribution in [-0.4, -0.2) is 11.6 Å². The van der Waals surface area contributed by atoms with Gasteiger partial charge in [0.15, 0.2) is 0 Å². The van der Waals surface area contributed by atoms with E-state index in [4.69, 9.17) is 9.15 Å². The van der Waals surface area contributed by atoms with Crippen LogP contribution in [0.1, 0.15) is 23.1 Å². The fourth-order valence-electron chi connectivity index (χ4n) is 2.89. The first-order valence-electron chi connectivity index (χ1n) is 7.30. The van der Waals surface area contributed by atoms with E-state index in [1.54, 1.807) is 12.5 Å². The largest absolute Gasteiger partial charge is 0.445 e. The molecule has 1 fully saturated rings. The van der Waals surface area contributed by atoms with Crippen LogP contribution in [0, 0.1) is 0 Å². The molecule has 0 amide bonds. The number of hydrogen-bond donors (Lipinski definition) is 1. The molecule has 0 bridgehead atoms. The van der Waals surface area contributed by atoms with E-state index in [1.165, 1.54) is 5.56 Å². The molecule has 0 spiro atoms. The summed E-state index contributed by atoms with van der Waals surface area (Å²) >= 11 is 0. The molecule has 4 heteroatoms. The van der Waals surface area contributed by atoms with Crippen molar-refractivity contribution in [1.29, 1.82) is 0 Å². The molecule has 110 valence electrons. The summed E-state index contributed by atoms with van der Waals surface area (Å²) in [6, 6.07) is 20.4. The van der Waals surface area contributed by atoms with Crippen LogP contribution in [0.4, 0.5) is 0 Å². The summed E-state index contributed by atoms with van der Waals surface area (Å²) in [4.78, 5) is 4.32. The lowest BCUT2D eigenvalue weighted by molar-refractivity contribution is -0.000275. The SMILES string of the molecule is c1ccc(C2CO[C@](c3ccccc3)(c3ncco3)N2)cc1. The maximum absolute atomic E-state index is 6.17. The van der Waals surface area contributed by atoms with Gasteiger partial charge >= 0.3 is 0 Å². The van der Waals surface area contributed by atoms with Crippen LogP contribution in [0.2, 0.25) is 0 Å². The van der Waals surface area contributed by atoms with Gasteiger partial charge in [0, 0.05) is 5.56 Å². The van der Waals surface area contributed by atoms with Crippen molar-refractivity contribution in [3.63, 3.8) is 0 Å². The topological polar surface area (TPSA) is 47.3 Å². The first-order valence-corrected chi connectivity index (χ1v) is 7.30. The zero-order valence-electron chi connectivity index (χ0n) is 12.0. The monoisotopic (exact) mass is 292 g/mol. The Morgan fingerprint density at radius 2 is 1.73 bits per heavy atom. The lowest BCUT2D eigenvalue weighted by atomic mass is 10.0. The van der Waals surface area contributed by atoms with Gasteiger partial charge in [0.05, 0.1) is 18.8 Å². The minimum atomic E-state index is -0.842. The van der Waals surface area contributed by atoms with Crippen LogP contribution in [-0.2, 0) is 10.5 Å². The molecular formula is C18H16N2O2. The normalized spacial score (nSPS) is 24.5. The number of aromatic nitrogens is 1. The van der Waals surface area contributed by atoms with Gasteiger partial charge in [-0.25, -0.2) is 4.98 Å². The minimum Gasteiger partial charge on any atom is -0.445 e. The Hall–Kier alpha value is -2.43. The van der Waals surface area contributed by atoms with Gasteiger partial charge in [0.2, 0.25) is 11.6 Å². The predicted octanol–water partition coefficient (Wildman–Crippen LogP) is 3.24. The molecule has 1 N–H and O–H groups in total. The standard InChI is InChI=1S/C18H16N2O2/c1-3-7-14(8-4-1)16-13-22-18(20-16,17-19-11-12-21-17)15-9-5-2-6-10-15/h1-12,16,20H,13H2/t16?,18-/m1/s1. The number of hydrogen-bond acceptors (Lipinski definition) is 4. The summed E-state index contributed by atoms with van der Waals surface area (Å²) in [5, 5.41) is 3.56. The van der Waals surface area contributed by atoms with E-state index in [1.807, 2.05) is 48.5 Å². The lowest BCUT2D eigenvalue weighted by Gasteiger charge is -2.26. The van der Waals surface area contributed by atoms with Crippen molar-refractivity contribution in [2.45, 2.75) is 11.8 Å². The van der Waals surface area contributed by atoms with Crippen LogP contribution in [0.3, 0.4) is 0 Å². The van der Waals surface area contributed by atoms with E-state index in [9.17, 15) is 0 Å². The number of benzene rings is 2. The molecular weight excluding hydrogens is 276 g/mol. The van der Waals surface area contributed by atoms with Crippen LogP contribution >= 0.6 is 0 Å². The summed E-state index contributed by atoms with van der Waals surface area (Å²) in [7, 11) is 0. The Labute approximate surface area is 128 Å². The zero-order valence-corrected chi connectivity index (χ0v) is 12.0.